The number of nitrogens with one attached hydrogen (secondary N) is 2. The fourth-order valence-electron chi connectivity index (χ4n) is 3.03. The number of piperazine rings is 1. The van der Waals surface area contributed by atoms with Gasteiger partial charge in [-0.3, -0.25) is 14.4 Å². The van der Waals surface area contributed by atoms with Gasteiger partial charge in [0.25, 0.3) is 11.5 Å². The molecule has 2 aliphatic rings. The lowest BCUT2D eigenvalue weighted by Crippen LogP contribution is -2.53. The highest BCUT2D eigenvalue weighted by molar-refractivity contribution is 6.01. The van der Waals surface area contributed by atoms with Crippen LogP contribution in [0.5, 0.6) is 0 Å². The summed E-state index contributed by atoms with van der Waals surface area (Å²) < 4.78 is 0. The molecule has 1 atom stereocenters. The minimum absolute atomic E-state index is 0.00918. The Morgan fingerprint density at radius 2 is 2.14 bits per heavy atom. The van der Waals surface area contributed by atoms with Crippen molar-refractivity contribution in [2.45, 2.75) is 32.2 Å². The number of amides is 1. The maximum Gasteiger partial charge on any atom is 0.261 e. The molecule has 1 aliphatic heterocycles. The van der Waals surface area contributed by atoms with Crippen LogP contribution in [0.25, 0.3) is 0 Å². The van der Waals surface area contributed by atoms with Crippen molar-refractivity contribution >= 4 is 11.7 Å². The average Bonchev–Trinajstić information content (AvgIpc) is 2.47. The summed E-state index contributed by atoms with van der Waals surface area (Å²) in [5.41, 5.74) is 0.866. The molecule has 1 aromatic rings. The first kappa shape index (κ1) is 14.0. The third-order valence-corrected chi connectivity index (χ3v) is 4.25. The van der Waals surface area contributed by atoms with E-state index in [1.807, 2.05) is 6.92 Å². The molecule has 1 saturated heterocycles. The second kappa shape index (κ2) is 5.44. The predicted octanol–water partition coefficient (Wildman–Crippen LogP) is 0.328. The van der Waals surface area contributed by atoms with Gasteiger partial charge in [-0.1, -0.05) is 0 Å². The van der Waals surface area contributed by atoms with Gasteiger partial charge in [0.2, 0.25) is 0 Å². The molecule has 1 aromatic heterocycles. The first-order valence-corrected chi connectivity index (χ1v) is 7.39. The van der Waals surface area contributed by atoms with Crippen molar-refractivity contribution in [1.29, 1.82) is 0 Å². The Bertz CT molecular complexity index is 650. The van der Waals surface area contributed by atoms with Crippen molar-refractivity contribution in [2.24, 2.45) is 0 Å². The molecule has 1 aliphatic carbocycles. The van der Waals surface area contributed by atoms with Gasteiger partial charge >= 0.3 is 0 Å². The maximum absolute atomic E-state index is 12.6. The van der Waals surface area contributed by atoms with Crippen LogP contribution in [0, 0.1) is 0 Å². The molecule has 6 nitrogen and oxygen atoms in total. The van der Waals surface area contributed by atoms with Crippen molar-refractivity contribution in [2.75, 3.05) is 19.6 Å². The molecule has 0 unspecified atom stereocenters. The van der Waals surface area contributed by atoms with Crippen molar-refractivity contribution in [1.82, 2.24) is 15.2 Å². The molecule has 2 N–H and O–H groups in total. The summed E-state index contributed by atoms with van der Waals surface area (Å²) in [6, 6.07) is 1.53. The number of pyridine rings is 1. The number of rotatable bonds is 1. The van der Waals surface area contributed by atoms with E-state index in [1.54, 1.807) is 4.90 Å². The van der Waals surface area contributed by atoms with Gasteiger partial charge in [0.15, 0.2) is 5.78 Å². The van der Waals surface area contributed by atoms with Crippen molar-refractivity contribution in [3.63, 3.8) is 0 Å². The zero-order chi connectivity index (χ0) is 15.0. The van der Waals surface area contributed by atoms with Gasteiger partial charge in [-0.25, -0.2) is 0 Å². The van der Waals surface area contributed by atoms with E-state index < -0.39 is 0 Å². The Hall–Kier alpha value is -1.95. The molecule has 112 valence electrons. The van der Waals surface area contributed by atoms with Crippen LogP contribution in [0.1, 0.15) is 46.2 Å². The number of hydrogen-bond acceptors (Lipinski definition) is 4. The van der Waals surface area contributed by atoms with Gasteiger partial charge in [0, 0.05) is 43.4 Å². The quantitative estimate of drug-likeness (QED) is 0.780. The molecule has 6 heteroatoms. The Balaban J connectivity index is 1.98. The molecule has 0 radical (unpaired) electrons. The number of aryl methyl sites for hydroxylation is 1. The Kier molecular flexibility index (Phi) is 3.63. The fourth-order valence-corrected chi connectivity index (χ4v) is 3.03. The highest BCUT2D eigenvalue weighted by Gasteiger charge is 2.28. The van der Waals surface area contributed by atoms with Gasteiger partial charge < -0.3 is 15.2 Å². The number of hydrogen-bond donors (Lipinski definition) is 2. The van der Waals surface area contributed by atoms with E-state index in [9.17, 15) is 14.4 Å². The highest BCUT2D eigenvalue weighted by atomic mass is 16.2. The average molecular weight is 289 g/mol. The number of Topliss-reactive ketones (excluding diaryl/α,β-unsaturated/α-hetero) is 1. The maximum atomic E-state index is 12.6. The normalized spacial score (nSPS) is 22.0. The molecule has 0 saturated carbocycles. The summed E-state index contributed by atoms with van der Waals surface area (Å²) in [4.78, 5) is 41.1. The third kappa shape index (κ3) is 2.51. The van der Waals surface area contributed by atoms with E-state index >= 15 is 0 Å². The molecule has 21 heavy (non-hydrogen) atoms. The second-order valence-corrected chi connectivity index (χ2v) is 5.73. The molecule has 2 heterocycles. The van der Waals surface area contributed by atoms with Crippen molar-refractivity contribution < 1.29 is 9.59 Å². The van der Waals surface area contributed by atoms with E-state index in [4.69, 9.17) is 0 Å². The van der Waals surface area contributed by atoms with Crippen LogP contribution in [0.3, 0.4) is 0 Å². The zero-order valence-corrected chi connectivity index (χ0v) is 12.1. The number of aromatic nitrogens is 1. The van der Waals surface area contributed by atoms with E-state index in [2.05, 4.69) is 10.3 Å². The summed E-state index contributed by atoms with van der Waals surface area (Å²) in [7, 11) is 0. The molecule has 1 fully saturated rings. The van der Waals surface area contributed by atoms with E-state index in [-0.39, 0.29) is 28.9 Å². The second-order valence-electron chi connectivity index (χ2n) is 5.73. The SMILES string of the molecule is C[C@@H]1CNCCN1C(=O)c1cc2c([nH]c1=O)CCCC2=O. The predicted molar refractivity (Wildman–Crippen MR) is 77.7 cm³/mol. The third-order valence-electron chi connectivity index (χ3n) is 4.25. The van der Waals surface area contributed by atoms with Crippen LogP contribution in [0.15, 0.2) is 10.9 Å². The molecular weight excluding hydrogens is 270 g/mol. The van der Waals surface area contributed by atoms with Crippen molar-refractivity contribution in [3.05, 3.63) is 33.2 Å². The van der Waals surface area contributed by atoms with Gasteiger partial charge in [-0.15, -0.1) is 0 Å². The molecule has 0 spiro atoms. The Labute approximate surface area is 122 Å². The number of aromatic amines is 1. The molecule has 0 bridgehead atoms. The molecule has 1 amide bonds. The number of H-pyrrole nitrogens is 1. The van der Waals surface area contributed by atoms with Crippen LogP contribution in [-0.2, 0) is 6.42 Å². The summed E-state index contributed by atoms with van der Waals surface area (Å²) in [5, 5.41) is 3.21. The van der Waals surface area contributed by atoms with Gasteiger partial charge in [-0.2, -0.15) is 0 Å². The molecule has 0 aromatic carbocycles. The summed E-state index contributed by atoms with van der Waals surface area (Å²) in [5.74, 6) is -0.277. The highest BCUT2D eigenvalue weighted by Crippen LogP contribution is 2.19. The van der Waals surface area contributed by atoms with E-state index in [1.165, 1.54) is 6.07 Å². The number of carbonyl (C=O) groups is 2. The number of nitrogens with zero attached hydrogens (tertiary/aromatic N) is 1. The first-order valence-electron chi connectivity index (χ1n) is 7.39. The lowest BCUT2D eigenvalue weighted by molar-refractivity contribution is 0.0654. The monoisotopic (exact) mass is 289 g/mol. The molecular formula is C15H19N3O3. The Morgan fingerprint density at radius 3 is 2.90 bits per heavy atom. The van der Waals surface area contributed by atoms with Gasteiger partial charge in [0.1, 0.15) is 5.56 Å². The number of carbonyl (C=O) groups excluding carboxylic acids is 2. The van der Waals surface area contributed by atoms with Crippen molar-refractivity contribution in [3.8, 4) is 0 Å². The number of fused-ring (bicyclic) bond motifs is 1. The standard InChI is InChI=1S/C15H19N3O3/c1-9-8-16-5-6-18(9)15(21)11-7-10-12(17-14(11)20)3-2-4-13(10)19/h7,9,16H,2-6,8H2,1H3,(H,17,20)/t9-/m1/s1. The molecule has 3 rings (SSSR count). The fraction of sp³-hybridized carbons (Fsp3) is 0.533. The lowest BCUT2D eigenvalue weighted by atomic mass is 9.93. The topological polar surface area (TPSA) is 82.3 Å². The van der Waals surface area contributed by atoms with Crippen LogP contribution >= 0.6 is 0 Å². The minimum atomic E-state index is -0.390. The van der Waals surface area contributed by atoms with Crippen LogP contribution in [0.2, 0.25) is 0 Å². The minimum Gasteiger partial charge on any atom is -0.333 e. The zero-order valence-electron chi connectivity index (χ0n) is 12.1. The Morgan fingerprint density at radius 1 is 1.33 bits per heavy atom. The smallest absolute Gasteiger partial charge is 0.261 e. The van der Waals surface area contributed by atoms with Gasteiger partial charge in [-0.05, 0) is 25.8 Å². The van der Waals surface area contributed by atoms with Crippen LogP contribution in [-0.4, -0.2) is 47.3 Å². The van der Waals surface area contributed by atoms with E-state index in [0.717, 1.165) is 13.0 Å². The summed E-state index contributed by atoms with van der Waals surface area (Å²) in [6.45, 7) is 3.96. The largest absolute Gasteiger partial charge is 0.333 e. The summed E-state index contributed by atoms with van der Waals surface area (Å²) in [6.07, 6.45) is 1.93. The lowest BCUT2D eigenvalue weighted by Gasteiger charge is -2.34. The first-order chi connectivity index (χ1) is 10.1. The van der Waals surface area contributed by atoms with E-state index in [0.29, 0.717) is 37.2 Å². The van der Waals surface area contributed by atoms with Crippen LogP contribution < -0.4 is 10.9 Å². The summed E-state index contributed by atoms with van der Waals surface area (Å²) >= 11 is 0. The van der Waals surface area contributed by atoms with Gasteiger partial charge in [0.05, 0.1) is 0 Å². The number of ketones is 1. The van der Waals surface area contributed by atoms with Crippen LogP contribution in [0.4, 0.5) is 0 Å².